The van der Waals surface area contributed by atoms with Crippen LogP contribution >= 0.6 is 0 Å². The van der Waals surface area contributed by atoms with Gasteiger partial charge in [-0.05, 0) is 24.6 Å². The Morgan fingerprint density at radius 3 is 2.38 bits per heavy atom. The summed E-state index contributed by atoms with van der Waals surface area (Å²) in [5.41, 5.74) is 3.30. The van der Waals surface area contributed by atoms with Crippen molar-refractivity contribution >= 4 is 17.4 Å². The first-order valence-corrected chi connectivity index (χ1v) is 8.73. The van der Waals surface area contributed by atoms with Crippen LogP contribution in [0.15, 0.2) is 52.8 Å². The lowest BCUT2D eigenvalue weighted by Gasteiger charge is -2.13. The highest BCUT2D eigenvalue weighted by molar-refractivity contribution is 6.43. The van der Waals surface area contributed by atoms with Crippen LogP contribution in [-0.2, 0) is 30.6 Å². The maximum absolute atomic E-state index is 13.2. The van der Waals surface area contributed by atoms with E-state index in [1.54, 1.807) is 24.3 Å². The summed E-state index contributed by atoms with van der Waals surface area (Å²) in [6, 6.07) is 11.3. The van der Waals surface area contributed by atoms with Gasteiger partial charge >= 0.3 is 5.97 Å². The molecule has 154 valence electrons. The van der Waals surface area contributed by atoms with Crippen molar-refractivity contribution < 1.29 is 28.3 Å². The van der Waals surface area contributed by atoms with Gasteiger partial charge in [0.15, 0.2) is 5.71 Å². The average Bonchev–Trinajstić information content (AvgIpc) is 2.72. The largest absolute Gasteiger partial charge is 0.464 e. The number of rotatable bonds is 9. The number of carbonyl (C=O) groups excluding carboxylic acids is 1. The molecular weight excluding hydrogens is 379 g/mol. The molecule has 0 aromatic heterocycles. The van der Waals surface area contributed by atoms with Crippen LogP contribution in [0.2, 0.25) is 0 Å². The lowest BCUT2D eigenvalue weighted by Crippen LogP contribution is -2.20. The van der Waals surface area contributed by atoms with Crippen LogP contribution in [-0.4, -0.2) is 45.3 Å². The van der Waals surface area contributed by atoms with Crippen molar-refractivity contribution in [2.75, 3.05) is 27.9 Å². The predicted octanol–water partition coefficient (Wildman–Crippen LogP) is 3.22. The molecule has 0 aliphatic rings. The predicted molar refractivity (Wildman–Crippen MR) is 106 cm³/mol. The molecular formula is C21H23FN2O5. The highest BCUT2D eigenvalue weighted by atomic mass is 19.1. The minimum absolute atomic E-state index is 0.0249. The Labute approximate surface area is 168 Å². The molecule has 0 unspecified atom stereocenters. The summed E-state index contributed by atoms with van der Waals surface area (Å²) in [6.45, 7) is 2.13. The van der Waals surface area contributed by atoms with Gasteiger partial charge in [-0.2, -0.15) is 0 Å². The molecule has 0 heterocycles. The highest BCUT2D eigenvalue weighted by Crippen LogP contribution is 2.18. The van der Waals surface area contributed by atoms with Gasteiger partial charge in [0.05, 0.1) is 13.7 Å². The molecule has 0 N–H and O–H groups in total. The molecule has 0 atom stereocenters. The normalized spacial score (nSPS) is 11.9. The fourth-order valence-corrected chi connectivity index (χ4v) is 2.62. The van der Waals surface area contributed by atoms with E-state index >= 15 is 0 Å². The topological polar surface area (TPSA) is 78.7 Å². The lowest BCUT2D eigenvalue weighted by molar-refractivity contribution is -0.132. The molecule has 0 saturated carbocycles. The second-order valence-electron chi connectivity index (χ2n) is 5.97. The smallest absolute Gasteiger partial charge is 0.360 e. The minimum atomic E-state index is -0.631. The summed E-state index contributed by atoms with van der Waals surface area (Å²) >= 11 is 0. The number of esters is 1. The summed E-state index contributed by atoms with van der Waals surface area (Å²) in [5.74, 6) is -0.975. The molecule has 2 aromatic rings. The van der Waals surface area contributed by atoms with E-state index < -0.39 is 5.97 Å². The number of carbonyl (C=O) groups is 1. The first kappa shape index (κ1) is 22.0. The summed E-state index contributed by atoms with van der Waals surface area (Å²) in [7, 11) is 4.14. The first-order valence-electron chi connectivity index (χ1n) is 8.73. The molecule has 2 rings (SSSR count). The van der Waals surface area contributed by atoms with Crippen molar-refractivity contribution in [3.05, 3.63) is 70.5 Å². The number of methoxy groups -OCH3 is 2. The Hall–Kier alpha value is -3.26. The fraction of sp³-hybridized carbons (Fsp3) is 0.286. The molecule has 0 aliphatic carbocycles. The van der Waals surface area contributed by atoms with Gasteiger partial charge in [0.25, 0.3) is 0 Å². The van der Waals surface area contributed by atoms with Crippen LogP contribution in [0.3, 0.4) is 0 Å². The summed E-state index contributed by atoms with van der Waals surface area (Å²) in [4.78, 5) is 22.4. The zero-order valence-corrected chi connectivity index (χ0v) is 16.8. The van der Waals surface area contributed by atoms with Gasteiger partial charge in [-0.25, -0.2) is 9.18 Å². The number of nitrogens with zero attached hydrogens (tertiary/aromatic N) is 2. The average molecular weight is 402 g/mol. The summed E-state index contributed by atoms with van der Waals surface area (Å²) in [5, 5.41) is 7.93. The number of aryl methyl sites for hydroxylation is 1. The molecule has 0 fully saturated rings. The van der Waals surface area contributed by atoms with Gasteiger partial charge in [-0.1, -0.05) is 40.6 Å². The van der Waals surface area contributed by atoms with Crippen molar-refractivity contribution in [2.24, 2.45) is 10.3 Å². The quantitative estimate of drug-likeness (QED) is 0.366. The Kier molecular flexibility index (Phi) is 8.29. The summed E-state index contributed by atoms with van der Waals surface area (Å²) in [6.07, 6.45) is 0. The Bertz CT molecular complexity index is 894. The van der Waals surface area contributed by atoms with Gasteiger partial charge < -0.3 is 19.1 Å². The van der Waals surface area contributed by atoms with E-state index in [9.17, 15) is 9.18 Å². The van der Waals surface area contributed by atoms with E-state index in [1.807, 2.05) is 13.0 Å². The maximum atomic E-state index is 13.2. The van der Waals surface area contributed by atoms with Crippen molar-refractivity contribution in [2.45, 2.75) is 13.5 Å². The molecule has 29 heavy (non-hydrogen) atoms. The molecule has 0 bridgehead atoms. The van der Waals surface area contributed by atoms with E-state index in [1.165, 1.54) is 33.5 Å². The van der Waals surface area contributed by atoms with Crippen LogP contribution < -0.4 is 0 Å². The number of benzene rings is 2. The Balaban J connectivity index is 2.31. The standard InChI is InChI=1S/C21H23FN2O5/c1-14-6-5-7-17(20(24-28-4)21(25)27-3)18(14)12-29-23-19(13-26-2)15-8-10-16(22)11-9-15/h5-11H,12-13H2,1-4H3/b23-19+,24-20+. The van der Waals surface area contributed by atoms with E-state index in [4.69, 9.17) is 19.1 Å². The first-order chi connectivity index (χ1) is 14.0. The molecule has 0 radical (unpaired) electrons. The lowest BCUT2D eigenvalue weighted by atomic mass is 9.99. The molecule has 0 aliphatic heterocycles. The number of oxime groups is 2. The molecule has 0 spiro atoms. The van der Waals surface area contributed by atoms with Crippen LogP contribution in [0.4, 0.5) is 4.39 Å². The van der Waals surface area contributed by atoms with Gasteiger partial charge in [0.1, 0.15) is 25.2 Å². The van der Waals surface area contributed by atoms with E-state index in [2.05, 4.69) is 10.3 Å². The Morgan fingerprint density at radius 1 is 1.03 bits per heavy atom. The van der Waals surface area contributed by atoms with Crippen LogP contribution in [0.25, 0.3) is 0 Å². The molecule has 2 aromatic carbocycles. The third-order valence-corrected chi connectivity index (χ3v) is 4.07. The fourth-order valence-electron chi connectivity index (χ4n) is 2.62. The second-order valence-corrected chi connectivity index (χ2v) is 5.97. The van der Waals surface area contributed by atoms with E-state index in [-0.39, 0.29) is 24.7 Å². The van der Waals surface area contributed by atoms with Crippen molar-refractivity contribution in [3.8, 4) is 0 Å². The molecule has 0 amide bonds. The third-order valence-electron chi connectivity index (χ3n) is 4.07. The van der Waals surface area contributed by atoms with Gasteiger partial charge in [-0.15, -0.1) is 0 Å². The monoisotopic (exact) mass is 402 g/mol. The van der Waals surface area contributed by atoms with Crippen LogP contribution in [0.5, 0.6) is 0 Å². The van der Waals surface area contributed by atoms with Crippen molar-refractivity contribution in [1.29, 1.82) is 0 Å². The second kappa shape index (κ2) is 10.9. The van der Waals surface area contributed by atoms with Crippen LogP contribution in [0, 0.1) is 12.7 Å². The number of ether oxygens (including phenoxy) is 2. The molecule has 8 heteroatoms. The van der Waals surface area contributed by atoms with Gasteiger partial charge in [-0.3, -0.25) is 0 Å². The number of halogens is 1. The van der Waals surface area contributed by atoms with Gasteiger partial charge in [0.2, 0.25) is 0 Å². The zero-order chi connectivity index (χ0) is 21.2. The molecule has 0 saturated heterocycles. The highest BCUT2D eigenvalue weighted by Gasteiger charge is 2.20. The Morgan fingerprint density at radius 2 is 1.76 bits per heavy atom. The molecule has 7 nitrogen and oxygen atoms in total. The van der Waals surface area contributed by atoms with E-state index in [0.717, 1.165) is 5.56 Å². The SMILES string of the molecule is COC/C(=N\OCc1c(C)cccc1/C(=N\OC)C(=O)OC)c1ccc(F)cc1. The summed E-state index contributed by atoms with van der Waals surface area (Å²) < 4.78 is 23.1. The minimum Gasteiger partial charge on any atom is -0.464 e. The van der Waals surface area contributed by atoms with Crippen LogP contribution in [0.1, 0.15) is 22.3 Å². The van der Waals surface area contributed by atoms with Crippen molar-refractivity contribution in [1.82, 2.24) is 0 Å². The maximum Gasteiger partial charge on any atom is 0.360 e. The number of hydrogen-bond acceptors (Lipinski definition) is 7. The number of hydrogen-bond donors (Lipinski definition) is 0. The zero-order valence-electron chi connectivity index (χ0n) is 16.8. The third kappa shape index (κ3) is 5.86. The van der Waals surface area contributed by atoms with Gasteiger partial charge in [0, 0.05) is 23.8 Å². The van der Waals surface area contributed by atoms with Crippen molar-refractivity contribution in [3.63, 3.8) is 0 Å². The van der Waals surface area contributed by atoms with E-state index in [0.29, 0.717) is 22.4 Å².